The number of amides is 1. The molecule has 114 valence electrons. The highest BCUT2D eigenvalue weighted by atomic mass is 32.1. The van der Waals surface area contributed by atoms with Crippen molar-refractivity contribution < 1.29 is 4.79 Å². The first-order valence-electron chi connectivity index (χ1n) is 8.05. The lowest BCUT2D eigenvalue weighted by Gasteiger charge is -2.21. The molecular weight excluding hydrogens is 284 g/mol. The fourth-order valence-corrected chi connectivity index (χ4v) is 4.93. The molecule has 1 saturated carbocycles. The van der Waals surface area contributed by atoms with Crippen LogP contribution in [0.15, 0.2) is 0 Å². The van der Waals surface area contributed by atoms with Crippen molar-refractivity contribution in [3.8, 4) is 0 Å². The summed E-state index contributed by atoms with van der Waals surface area (Å²) in [5, 5.41) is 0.973. The molecule has 1 amide bonds. The fraction of sp³-hybridized carbons (Fsp3) is 0.800. The molecule has 0 bridgehead atoms. The average Bonchev–Trinajstić information content (AvgIpc) is 3.20. The number of aryl methyl sites for hydroxylation is 1. The van der Waals surface area contributed by atoms with E-state index in [4.69, 9.17) is 0 Å². The molecule has 3 heterocycles. The van der Waals surface area contributed by atoms with Crippen LogP contribution in [0.3, 0.4) is 0 Å². The maximum absolute atomic E-state index is 12.7. The van der Waals surface area contributed by atoms with Crippen LogP contribution < -0.4 is 4.90 Å². The Morgan fingerprint density at radius 3 is 2.62 bits per heavy atom. The summed E-state index contributed by atoms with van der Waals surface area (Å²) in [5.74, 6) is 2.95. The zero-order chi connectivity index (χ0) is 14.4. The molecular formula is C15H22N4OS. The molecule has 21 heavy (non-hydrogen) atoms. The van der Waals surface area contributed by atoms with Crippen LogP contribution in [-0.4, -0.2) is 46.3 Å². The van der Waals surface area contributed by atoms with Gasteiger partial charge in [0.15, 0.2) is 0 Å². The summed E-state index contributed by atoms with van der Waals surface area (Å²) in [6, 6.07) is 0. The number of rotatable bonds is 2. The van der Waals surface area contributed by atoms with E-state index in [1.54, 1.807) is 0 Å². The molecule has 2 aliphatic heterocycles. The third kappa shape index (κ3) is 2.43. The van der Waals surface area contributed by atoms with Gasteiger partial charge in [-0.05, 0) is 38.0 Å². The van der Waals surface area contributed by atoms with Gasteiger partial charge in [0.2, 0.25) is 11.0 Å². The van der Waals surface area contributed by atoms with Crippen LogP contribution in [0.5, 0.6) is 0 Å². The Morgan fingerprint density at radius 1 is 1.19 bits per heavy atom. The van der Waals surface area contributed by atoms with Crippen LogP contribution in [-0.2, 0) is 4.79 Å². The number of fused-ring (bicyclic) bond motifs is 1. The third-order valence-electron chi connectivity index (χ3n) is 5.36. The van der Waals surface area contributed by atoms with Crippen LogP contribution in [0.25, 0.3) is 0 Å². The first-order chi connectivity index (χ1) is 10.2. The standard InChI is InChI=1S/C15H22N4OS/c1-10-16-15(21-17-10)18-6-5-13(9-18)14(20)19-7-11-3-2-4-12(11)8-19/h11-13H,2-9H2,1H3. The summed E-state index contributed by atoms with van der Waals surface area (Å²) in [6.07, 6.45) is 4.98. The Balaban J connectivity index is 1.38. The van der Waals surface area contributed by atoms with Gasteiger partial charge in [0.25, 0.3) is 0 Å². The fourth-order valence-electron chi connectivity index (χ4n) is 4.22. The lowest BCUT2D eigenvalue weighted by molar-refractivity contribution is -0.134. The van der Waals surface area contributed by atoms with Crippen LogP contribution in [0.2, 0.25) is 0 Å². The molecule has 1 aromatic heterocycles. The summed E-state index contributed by atoms with van der Waals surface area (Å²) >= 11 is 1.45. The summed E-state index contributed by atoms with van der Waals surface area (Å²) in [6.45, 7) is 5.70. The Bertz CT molecular complexity index is 534. The molecule has 0 aromatic carbocycles. The van der Waals surface area contributed by atoms with Crippen molar-refractivity contribution in [2.45, 2.75) is 32.6 Å². The molecule has 0 N–H and O–H groups in total. The second-order valence-corrected chi connectivity index (χ2v) is 7.48. The van der Waals surface area contributed by atoms with E-state index in [0.717, 1.165) is 55.4 Å². The van der Waals surface area contributed by atoms with Gasteiger partial charge in [-0.1, -0.05) is 6.42 Å². The number of hydrogen-bond donors (Lipinski definition) is 0. The Morgan fingerprint density at radius 2 is 1.95 bits per heavy atom. The maximum atomic E-state index is 12.7. The Kier molecular flexibility index (Phi) is 3.36. The predicted molar refractivity (Wildman–Crippen MR) is 82.4 cm³/mol. The van der Waals surface area contributed by atoms with Gasteiger partial charge in [0, 0.05) is 37.7 Å². The van der Waals surface area contributed by atoms with Gasteiger partial charge in [-0.3, -0.25) is 4.79 Å². The zero-order valence-corrected chi connectivity index (χ0v) is 13.3. The topological polar surface area (TPSA) is 49.3 Å². The van der Waals surface area contributed by atoms with E-state index < -0.39 is 0 Å². The van der Waals surface area contributed by atoms with Gasteiger partial charge in [0.1, 0.15) is 5.82 Å². The highest BCUT2D eigenvalue weighted by molar-refractivity contribution is 7.09. The van der Waals surface area contributed by atoms with Crippen LogP contribution in [0.1, 0.15) is 31.5 Å². The van der Waals surface area contributed by atoms with Crippen molar-refractivity contribution in [2.75, 3.05) is 31.1 Å². The van der Waals surface area contributed by atoms with Gasteiger partial charge in [-0.15, -0.1) is 0 Å². The predicted octanol–water partition coefficient (Wildman–Crippen LogP) is 1.93. The van der Waals surface area contributed by atoms with E-state index in [0.29, 0.717) is 5.91 Å². The van der Waals surface area contributed by atoms with Crippen molar-refractivity contribution >= 4 is 22.6 Å². The SMILES string of the molecule is Cc1nsc(N2CCC(C(=O)N3CC4CCCC4C3)C2)n1. The van der Waals surface area contributed by atoms with Gasteiger partial charge in [-0.2, -0.15) is 4.37 Å². The molecule has 0 spiro atoms. The van der Waals surface area contributed by atoms with Crippen molar-refractivity contribution in [1.29, 1.82) is 0 Å². The lowest BCUT2D eigenvalue weighted by atomic mass is 10.0. The lowest BCUT2D eigenvalue weighted by Crippen LogP contribution is -2.36. The largest absolute Gasteiger partial charge is 0.346 e. The van der Waals surface area contributed by atoms with Crippen LogP contribution in [0.4, 0.5) is 5.13 Å². The Hall–Kier alpha value is -1.17. The van der Waals surface area contributed by atoms with Crippen molar-refractivity contribution in [3.05, 3.63) is 5.82 Å². The van der Waals surface area contributed by atoms with E-state index in [1.165, 1.54) is 30.8 Å². The van der Waals surface area contributed by atoms with Crippen LogP contribution in [0, 0.1) is 24.7 Å². The molecule has 1 aliphatic carbocycles. The molecule has 1 aromatic rings. The number of likely N-dealkylation sites (tertiary alicyclic amines) is 1. The van der Waals surface area contributed by atoms with Crippen LogP contribution >= 0.6 is 11.5 Å². The second kappa shape index (κ2) is 5.23. The number of carbonyl (C=O) groups is 1. The summed E-state index contributed by atoms with van der Waals surface area (Å²) < 4.78 is 4.24. The molecule has 5 nitrogen and oxygen atoms in total. The van der Waals surface area contributed by atoms with E-state index in [9.17, 15) is 4.79 Å². The third-order valence-corrected chi connectivity index (χ3v) is 6.23. The van der Waals surface area contributed by atoms with E-state index >= 15 is 0 Å². The van der Waals surface area contributed by atoms with Crippen molar-refractivity contribution in [2.24, 2.45) is 17.8 Å². The van der Waals surface area contributed by atoms with E-state index in [2.05, 4.69) is 19.2 Å². The van der Waals surface area contributed by atoms with Crippen molar-refractivity contribution in [3.63, 3.8) is 0 Å². The summed E-state index contributed by atoms with van der Waals surface area (Å²) in [4.78, 5) is 21.5. The molecule has 6 heteroatoms. The number of nitrogens with zero attached hydrogens (tertiary/aromatic N) is 4. The number of hydrogen-bond acceptors (Lipinski definition) is 5. The minimum atomic E-state index is 0.160. The maximum Gasteiger partial charge on any atom is 0.227 e. The Labute approximate surface area is 129 Å². The molecule has 3 aliphatic rings. The number of aromatic nitrogens is 2. The smallest absolute Gasteiger partial charge is 0.227 e. The summed E-state index contributed by atoms with van der Waals surface area (Å²) in [5.41, 5.74) is 0. The minimum Gasteiger partial charge on any atom is -0.346 e. The molecule has 2 saturated heterocycles. The normalized spacial score (nSPS) is 32.0. The first kappa shape index (κ1) is 13.5. The monoisotopic (exact) mass is 306 g/mol. The molecule has 3 atom stereocenters. The quantitative estimate of drug-likeness (QED) is 0.838. The van der Waals surface area contributed by atoms with Gasteiger partial charge >= 0.3 is 0 Å². The number of carbonyl (C=O) groups excluding carboxylic acids is 1. The average molecular weight is 306 g/mol. The summed E-state index contributed by atoms with van der Waals surface area (Å²) in [7, 11) is 0. The number of anilines is 1. The first-order valence-corrected chi connectivity index (χ1v) is 8.82. The molecule has 4 rings (SSSR count). The zero-order valence-electron chi connectivity index (χ0n) is 12.5. The van der Waals surface area contributed by atoms with Gasteiger partial charge in [0.05, 0.1) is 5.92 Å². The highest BCUT2D eigenvalue weighted by Crippen LogP contribution is 2.38. The highest BCUT2D eigenvalue weighted by Gasteiger charge is 2.41. The van der Waals surface area contributed by atoms with Gasteiger partial charge < -0.3 is 9.80 Å². The second-order valence-electron chi connectivity index (χ2n) is 6.75. The van der Waals surface area contributed by atoms with Gasteiger partial charge in [-0.25, -0.2) is 4.98 Å². The molecule has 0 radical (unpaired) electrons. The minimum absolute atomic E-state index is 0.160. The molecule has 3 unspecified atom stereocenters. The van der Waals surface area contributed by atoms with E-state index in [-0.39, 0.29) is 5.92 Å². The van der Waals surface area contributed by atoms with Crippen molar-refractivity contribution in [1.82, 2.24) is 14.3 Å². The van der Waals surface area contributed by atoms with E-state index in [1.807, 2.05) is 6.92 Å². The molecule has 3 fully saturated rings.